The van der Waals surface area contributed by atoms with Crippen LogP contribution in [0.5, 0.6) is 5.75 Å². The van der Waals surface area contributed by atoms with Crippen molar-refractivity contribution in [3.05, 3.63) is 72.8 Å². The molecule has 3 aliphatic rings. The normalized spacial score (nSPS) is 28.7. The van der Waals surface area contributed by atoms with E-state index >= 15 is 0 Å². The zero-order chi connectivity index (χ0) is 29.4. The Hall–Kier alpha value is -3.69. The fourth-order valence-electron chi connectivity index (χ4n) is 7.25. The quantitative estimate of drug-likeness (QED) is 0.329. The molecular formula is C32H38N2O7. The summed E-state index contributed by atoms with van der Waals surface area (Å²) >= 11 is 0. The summed E-state index contributed by atoms with van der Waals surface area (Å²) in [6, 6.07) is 14.3. The molecular weight excluding hydrogens is 524 g/mol. The molecule has 218 valence electrons. The molecule has 0 aliphatic carbocycles. The van der Waals surface area contributed by atoms with E-state index < -0.39 is 47.7 Å². The molecule has 1 N–H and O–H groups in total. The van der Waals surface area contributed by atoms with Crippen molar-refractivity contribution in [3.8, 4) is 5.75 Å². The number of aliphatic hydroxyl groups is 1. The monoisotopic (exact) mass is 562 g/mol. The van der Waals surface area contributed by atoms with E-state index in [4.69, 9.17) is 14.2 Å². The molecule has 9 nitrogen and oxygen atoms in total. The molecule has 6 atom stereocenters. The fourth-order valence-corrected chi connectivity index (χ4v) is 7.25. The summed E-state index contributed by atoms with van der Waals surface area (Å²) in [7, 11) is 1.57. The molecule has 0 radical (unpaired) electrons. The van der Waals surface area contributed by atoms with Gasteiger partial charge in [-0.1, -0.05) is 43.3 Å². The van der Waals surface area contributed by atoms with Crippen molar-refractivity contribution >= 4 is 23.5 Å². The Morgan fingerprint density at radius 3 is 2.46 bits per heavy atom. The largest absolute Gasteiger partial charge is 0.497 e. The van der Waals surface area contributed by atoms with E-state index in [1.54, 1.807) is 49.3 Å². The lowest BCUT2D eigenvalue weighted by Gasteiger charge is -2.39. The van der Waals surface area contributed by atoms with Crippen LogP contribution in [0.3, 0.4) is 0 Å². The van der Waals surface area contributed by atoms with Gasteiger partial charge in [-0.05, 0) is 56.0 Å². The third kappa shape index (κ3) is 4.42. The molecule has 2 aromatic rings. The van der Waals surface area contributed by atoms with Crippen LogP contribution in [-0.4, -0.2) is 71.9 Å². The van der Waals surface area contributed by atoms with Crippen LogP contribution in [-0.2, 0) is 23.9 Å². The third-order valence-electron chi connectivity index (χ3n) is 9.05. The number of carbonyl (C=O) groups excluding carboxylic acids is 3. The number of nitrogens with zero attached hydrogens (tertiary/aromatic N) is 2. The van der Waals surface area contributed by atoms with Gasteiger partial charge >= 0.3 is 5.97 Å². The molecule has 0 aromatic heterocycles. The number of ether oxygens (including phenoxy) is 3. The molecule has 41 heavy (non-hydrogen) atoms. The number of rotatable bonds is 11. The highest BCUT2D eigenvalue weighted by molar-refractivity contribution is 6.05. The van der Waals surface area contributed by atoms with Crippen molar-refractivity contribution < 1.29 is 33.7 Å². The van der Waals surface area contributed by atoms with E-state index in [2.05, 4.69) is 6.58 Å². The number of aliphatic hydroxyl groups excluding tert-OH is 1. The summed E-state index contributed by atoms with van der Waals surface area (Å²) in [5.41, 5.74) is -0.870. The van der Waals surface area contributed by atoms with Crippen LogP contribution in [0.1, 0.15) is 44.7 Å². The van der Waals surface area contributed by atoms with Gasteiger partial charge in [0.1, 0.15) is 23.3 Å². The first-order valence-corrected chi connectivity index (χ1v) is 14.2. The minimum absolute atomic E-state index is 0.170. The van der Waals surface area contributed by atoms with E-state index in [1.165, 1.54) is 4.90 Å². The molecule has 3 aliphatic heterocycles. The van der Waals surface area contributed by atoms with Crippen molar-refractivity contribution in [2.24, 2.45) is 11.8 Å². The topological polar surface area (TPSA) is 106 Å². The molecule has 2 unspecified atom stereocenters. The highest BCUT2D eigenvalue weighted by Gasteiger charge is 2.79. The second-order valence-corrected chi connectivity index (χ2v) is 10.9. The minimum Gasteiger partial charge on any atom is -0.497 e. The third-order valence-corrected chi connectivity index (χ3v) is 9.05. The number of likely N-dealkylation sites (tertiary alicyclic amines) is 1. The molecule has 2 amide bonds. The summed E-state index contributed by atoms with van der Waals surface area (Å²) < 4.78 is 17.6. The lowest BCUT2D eigenvalue weighted by Crippen LogP contribution is -2.57. The molecule has 2 aromatic carbocycles. The first-order valence-electron chi connectivity index (χ1n) is 14.2. The Morgan fingerprint density at radius 1 is 1.17 bits per heavy atom. The maximum absolute atomic E-state index is 14.8. The number of anilines is 1. The molecule has 3 heterocycles. The van der Waals surface area contributed by atoms with E-state index in [-0.39, 0.29) is 25.0 Å². The van der Waals surface area contributed by atoms with Gasteiger partial charge in [0.25, 0.3) is 5.91 Å². The molecule has 9 heteroatoms. The maximum atomic E-state index is 14.8. The predicted molar refractivity (Wildman–Crippen MR) is 152 cm³/mol. The molecule has 1 spiro atoms. The van der Waals surface area contributed by atoms with Gasteiger partial charge in [0, 0.05) is 12.2 Å². The highest BCUT2D eigenvalue weighted by Crippen LogP contribution is 2.65. The fraction of sp³-hybridized carbons (Fsp3) is 0.469. The molecule has 5 rings (SSSR count). The van der Waals surface area contributed by atoms with Gasteiger partial charge in [0.15, 0.2) is 0 Å². The number of amides is 2. The van der Waals surface area contributed by atoms with E-state index in [0.29, 0.717) is 36.3 Å². The van der Waals surface area contributed by atoms with Gasteiger partial charge < -0.3 is 29.1 Å². The van der Waals surface area contributed by atoms with Gasteiger partial charge in [0.2, 0.25) is 5.91 Å². The number of carbonyl (C=O) groups is 3. The van der Waals surface area contributed by atoms with Crippen LogP contribution in [0.2, 0.25) is 0 Å². The summed E-state index contributed by atoms with van der Waals surface area (Å²) in [4.78, 5) is 45.8. The standard InChI is InChI=1S/C32H38N2O7/c1-5-19-33(22-13-15-23(39-4)16-14-22)29(37)27-32-18-17-31(6-2,41-32)26(30(38)40-7-3)25(32)28(36)34(27)24(20-35)21-11-9-8-10-12-21/h5,8-16,24-27,35H,1,6-7,17-20H2,2-4H3/t24-,25+,26+,27?,31-,32?/m1/s1. The Balaban J connectivity index is 1.67. The van der Waals surface area contributed by atoms with Crippen molar-refractivity contribution in [1.29, 1.82) is 0 Å². The summed E-state index contributed by atoms with van der Waals surface area (Å²) in [5, 5.41) is 10.7. The summed E-state index contributed by atoms with van der Waals surface area (Å²) in [6.07, 6.45) is 3.08. The lowest BCUT2D eigenvalue weighted by molar-refractivity contribution is -0.161. The number of hydrogen-bond donors (Lipinski definition) is 1. The summed E-state index contributed by atoms with van der Waals surface area (Å²) in [6.45, 7) is 7.47. The molecule has 3 fully saturated rings. The number of fused-ring (bicyclic) bond motifs is 1. The molecule has 0 saturated carbocycles. The second kappa shape index (κ2) is 11.3. The van der Waals surface area contributed by atoms with Gasteiger partial charge in [0.05, 0.1) is 37.9 Å². The number of benzene rings is 2. The smallest absolute Gasteiger partial charge is 0.312 e. The SMILES string of the molecule is C=CCN(C(=O)C1N([C@H](CO)c2ccccc2)C(=O)[C@@H]2[C@@H](C(=O)OCC)[C@@]3(CC)CCC12O3)c1ccc(OC)cc1. The van der Waals surface area contributed by atoms with Gasteiger partial charge in [-0.15, -0.1) is 6.58 Å². The average Bonchev–Trinajstić information content (AvgIpc) is 3.61. The van der Waals surface area contributed by atoms with Crippen LogP contribution in [0.4, 0.5) is 5.69 Å². The Bertz CT molecular complexity index is 1300. The van der Waals surface area contributed by atoms with Crippen molar-refractivity contribution in [3.63, 3.8) is 0 Å². The lowest BCUT2D eigenvalue weighted by atomic mass is 9.65. The van der Waals surface area contributed by atoms with Gasteiger partial charge in [-0.2, -0.15) is 0 Å². The highest BCUT2D eigenvalue weighted by atomic mass is 16.6. The van der Waals surface area contributed by atoms with Crippen LogP contribution < -0.4 is 9.64 Å². The van der Waals surface area contributed by atoms with E-state index in [1.807, 2.05) is 37.3 Å². The van der Waals surface area contributed by atoms with E-state index in [0.717, 1.165) is 0 Å². The van der Waals surface area contributed by atoms with Crippen LogP contribution in [0.15, 0.2) is 67.3 Å². The van der Waals surface area contributed by atoms with Crippen LogP contribution in [0, 0.1) is 11.8 Å². The van der Waals surface area contributed by atoms with Crippen LogP contribution >= 0.6 is 0 Å². The van der Waals surface area contributed by atoms with Gasteiger partial charge in [-0.25, -0.2) is 0 Å². The zero-order valence-corrected chi connectivity index (χ0v) is 23.8. The summed E-state index contributed by atoms with van der Waals surface area (Å²) in [5.74, 6) is -2.35. The Kier molecular flexibility index (Phi) is 7.94. The Morgan fingerprint density at radius 2 is 1.88 bits per heavy atom. The predicted octanol–water partition coefficient (Wildman–Crippen LogP) is 3.67. The van der Waals surface area contributed by atoms with Crippen molar-refractivity contribution in [1.82, 2.24) is 4.90 Å². The average molecular weight is 563 g/mol. The number of hydrogen-bond acceptors (Lipinski definition) is 7. The zero-order valence-electron chi connectivity index (χ0n) is 23.8. The maximum Gasteiger partial charge on any atom is 0.312 e. The Labute approximate surface area is 240 Å². The van der Waals surface area contributed by atoms with Crippen molar-refractivity contribution in [2.45, 2.75) is 56.4 Å². The number of methoxy groups -OCH3 is 1. The van der Waals surface area contributed by atoms with Crippen molar-refractivity contribution in [2.75, 3.05) is 31.8 Å². The van der Waals surface area contributed by atoms with Crippen LogP contribution in [0.25, 0.3) is 0 Å². The first kappa shape index (κ1) is 28.8. The molecule has 2 bridgehead atoms. The second-order valence-electron chi connectivity index (χ2n) is 10.9. The van der Waals surface area contributed by atoms with Gasteiger partial charge in [-0.3, -0.25) is 14.4 Å². The minimum atomic E-state index is -1.25. The van der Waals surface area contributed by atoms with E-state index in [9.17, 15) is 19.5 Å². The first-order chi connectivity index (χ1) is 19.8. The number of esters is 1. The molecule has 3 saturated heterocycles.